The quantitative estimate of drug-likeness (QED) is 0.160. The molecule has 8 aromatic rings. The third-order valence-corrected chi connectivity index (χ3v) is 12.4. The Labute approximate surface area is 362 Å². The fourth-order valence-electron chi connectivity index (χ4n) is 9.62. The molecule has 0 radical (unpaired) electrons. The number of fused-ring (bicyclic) bond motifs is 12. The SMILES string of the molecule is COC(=O)c1nn2c(c1C(=O)OC)CC1c3nc(c(-c4ccccc4)c4ccc([nH]4)c(-c4ccccc4)c4nc(c(-c5ccccc5)c5ccc([nH]5)c3-c3ccccc3)C=C4)C1C2. The normalized spacial score (nSPS) is 15.1. The zero-order chi connectivity index (χ0) is 42.6. The van der Waals surface area contributed by atoms with E-state index in [-0.39, 0.29) is 23.1 Å². The van der Waals surface area contributed by atoms with Gasteiger partial charge in [-0.15, -0.1) is 0 Å². The van der Waals surface area contributed by atoms with Crippen molar-refractivity contribution in [1.82, 2.24) is 29.7 Å². The van der Waals surface area contributed by atoms with Crippen LogP contribution in [-0.2, 0) is 22.4 Å². The number of hydrogen-bond acceptors (Lipinski definition) is 7. The molecule has 10 nitrogen and oxygen atoms in total. The average Bonchev–Trinajstić information content (AvgIpc) is 4.20. The van der Waals surface area contributed by atoms with Gasteiger partial charge in [-0.25, -0.2) is 14.6 Å². The minimum Gasteiger partial charge on any atom is -0.465 e. The van der Waals surface area contributed by atoms with Crippen LogP contribution in [0.4, 0.5) is 0 Å². The van der Waals surface area contributed by atoms with Crippen LogP contribution in [0.1, 0.15) is 61.2 Å². The van der Waals surface area contributed by atoms with Crippen LogP contribution in [0, 0.1) is 0 Å². The number of H-pyrrole nitrogens is 2. The maximum absolute atomic E-state index is 13.6. The highest BCUT2D eigenvalue weighted by Gasteiger charge is 2.44. The molecule has 0 aliphatic carbocycles. The van der Waals surface area contributed by atoms with Gasteiger partial charge in [0.25, 0.3) is 0 Å². The van der Waals surface area contributed by atoms with E-state index in [2.05, 4.69) is 94.9 Å². The van der Waals surface area contributed by atoms with E-state index in [1.165, 1.54) is 14.2 Å². The van der Waals surface area contributed by atoms with Crippen LogP contribution in [0.15, 0.2) is 146 Å². The zero-order valence-electron chi connectivity index (χ0n) is 34.5. The second-order valence-electron chi connectivity index (χ2n) is 15.9. The number of carbonyl (C=O) groups excluding carboxylic acids is 2. The third kappa shape index (κ3) is 6.37. The topological polar surface area (TPSA) is 128 Å². The highest BCUT2D eigenvalue weighted by molar-refractivity contribution is 6.03. The first-order valence-corrected chi connectivity index (χ1v) is 20.9. The number of aromatic amines is 2. The van der Waals surface area contributed by atoms with Gasteiger partial charge in [0.05, 0.1) is 49.2 Å². The molecule has 3 aliphatic heterocycles. The first-order valence-electron chi connectivity index (χ1n) is 20.9. The van der Waals surface area contributed by atoms with Gasteiger partial charge in [-0.05, 0) is 65.1 Å². The molecule has 0 saturated heterocycles. The second kappa shape index (κ2) is 15.4. The molecule has 306 valence electrons. The van der Waals surface area contributed by atoms with Crippen LogP contribution in [0.5, 0.6) is 0 Å². The summed E-state index contributed by atoms with van der Waals surface area (Å²) >= 11 is 0. The van der Waals surface area contributed by atoms with Gasteiger partial charge in [-0.2, -0.15) is 5.10 Å². The molecule has 0 saturated carbocycles. The Morgan fingerprint density at radius 1 is 0.524 bits per heavy atom. The number of methoxy groups -OCH3 is 2. The predicted molar refractivity (Wildman–Crippen MR) is 246 cm³/mol. The maximum Gasteiger partial charge on any atom is 0.359 e. The highest BCUT2D eigenvalue weighted by atomic mass is 16.5. The third-order valence-electron chi connectivity index (χ3n) is 12.4. The van der Waals surface area contributed by atoms with Gasteiger partial charge < -0.3 is 19.4 Å². The van der Waals surface area contributed by atoms with Crippen molar-refractivity contribution < 1.29 is 19.1 Å². The fraction of sp³-hybridized carbons (Fsp3) is 0.113. The molecule has 11 rings (SSSR count). The first-order chi connectivity index (χ1) is 31.0. The van der Waals surface area contributed by atoms with E-state index in [0.717, 1.165) is 89.4 Å². The van der Waals surface area contributed by atoms with Gasteiger partial charge in [-0.3, -0.25) is 9.67 Å². The summed E-state index contributed by atoms with van der Waals surface area (Å²) in [4.78, 5) is 45.7. The maximum atomic E-state index is 13.6. The Morgan fingerprint density at radius 3 is 1.38 bits per heavy atom. The Balaban J connectivity index is 1.32. The summed E-state index contributed by atoms with van der Waals surface area (Å²) in [7, 11) is 2.60. The number of nitrogens with zero attached hydrogens (tertiary/aromatic N) is 4. The Bertz CT molecular complexity index is 3300. The van der Waals surface area contributed by atoms with Crippen molar-refractivity contribution in [2.45, 2.75) is 24.8 Å². The van der Waals surface area contributed by atoms with Crippen molar-refractivity contribution in [2.75, 3.05) is 14.2 Å². The monoisotopic (exact) mass is 824 g/mol. The van der Waals surface area contributed by atoms with Crippen LogP contribution < -0.4 is 0 Å². The molecule has 0 fully saturated rings. The summed E-state index contributed by atoms with van der Waals surface area (Å²) < 4.78 is 12.2. The summed E-state index contributed by atoms with van der Waals surface area (Å²) in [5.74, 6) is -1.81. The summed E-state index contributed by atoms with van der Waals surface area (Å²) in [5.41, 5.74) is 15.5. The molecule has 4 aromatic carbocycles. The molecule has 63 heavy (non-hydrogen) atoms. The molecular formula is C53H40N6O4. The van der Waals surface area contributed by atoms with Gasteiger partial charge in [0.2, 0.25) is 0 Å². The molecule has 3 aliphatic rings. The number of hydrogen-bond donors (Lipinski definition) is 2. The first kappa shape index (κ1) is 37.9. The van der Waals surface area contributed by atoms with Crippen LogP contribution in [0.3, 0.4) is 0 Å². The number of esters is 2. The van der Waals surface area contributed by atoms with Crippen LogP contribution in [0.2, 0.25) is 0 Å². The molecule has 2 atom stereocenters. The molecule has 0 spiro atoms. The Kier molecular flexibility index (Phi) is 9.26. The minimum atomic E-state index is -0.699. The number of nitrogens with one attached hydrogen (secondary N) is 2. The second-order valence-corrected chi connectivity index (χ2v) is 15.9. The molecule has 2 unspecified atom stereocenters. The molecule has 7 heterocycles. The van der Waals surface area contributed by atoms with Crippen LogP contribution >= 0.6 is 0 Å². The number of benzene rings is 4. The van der Waals surface area contributed by atoms with Crippen molar-refractivity contribution in [3.05, 3.63) is 185 Å². The average molecular weight is 825 g/mol. The van der Waals surface area contributed by atoms with E-state index in [1.807, 2.05) is 72.8 Å². The number of aromatic nitrogens is 6. The van der Waals surface area contributed by atoms with Crippen molar-refractivity contribution in [1.29, 1.82) is 0 Å². The van der Waals surface area contributed by atoms with Crippen molar-refractivity contribution >= 4 is 46.2 Å². The number of ether oxygens (including phenoxy) is 2. The van der Waals surface area contributed by atoms with Gasteiger partial charge >= 0.3 is 11.9 Å². The van der Waals surface area contributed by atoms with Gasteiger partial charge in [0.1, 0.15) is 5.56 Å². The minimum absolute atomic E-state index is 0.0621. The molecule has 0 amide bonds. The van der Waals surface area contributed by atoms with Crippen LogP contribution in [0.25, 0.3) is 78.7 Å². The smallest absolute Gasteiger partial charge is 0.359 e. The van der Waals surface area contributed by atoms with Crippen LogP contribution in [-0.4, -0.2) is 55.9 Å². The summed E-state index contributed by atoms with van der Waals surface area (Å²) in [6.07, 6.45) is 4.57. The highest BCUT2D eigenvalue weighted by Crippen LogP contribution is 2.51. The van der Waals surface area contributed by atoms with Crippen molar-refractivity contribution in [2.24, 2.45) is 0 Å². The van der Waals surface area contributed by atoms with Gasteiger partial charge in [-0.1, -0.05) is 121 Å². The van der Waals surface area contributed by atoms with E-state index >= 15 is 0 Å². The van der Waals surface area contributed by atoms with E-state index < -0.39 is 11.9 Å². The lowest BCUT2D eigenvalue weighted by molar-refractivity contribution is 0.0551. The summed E-state index contributed by atoms with van der Waals surface area (Å²) in [6, 6.07) is 49.8. The van der Waals surface area contributed by atoms with Crippen molar-refractivity contribution in [3.63, 3.8) is 0 Å². The van der Waals surface area contributed by atoms with Gasteiger partial charge in [0.15, 0.2) is 5.69 Å². The molecular weight excluding hydrogens is 785 g/mol. The lowest BCUT2D eigenvalue weighted by Gasteiger charge is -2.28. The summed E-state index contributed by atoms with van der Waals surface area (Å²) in [6.45, 7) is 0.346. The lowest BCUT2D eigenvalue weighted by Crippen LogP contribution is -2.26. The van der Waals surface area contributed by atoms with E-state index in [1.54, 1.807) is 4.68 Å². The molecule has 2 N–H and O–H groups in total. The predicted octanol–water partition coefficient (Wildman–Crippen LogP) is 11.0. The standard InChI is InChI=1S/C53H40N6O4/c1-62-52(60)48-43-29-35-36(30-59(43)58-51(48)53(61)63-2)50-47(34-21-13-6-14-22-34)42-28-26-40(56-42)45(32-17-9-4-10-18-32)38-24-23-37(54-38)44(31-15-7-3-8-16-31)39-25-27-41(55-39)46(49(35)57-50)33-19-11-5-12-20-33/h3-28,35-36,55-56H,29-30H2,1-2H3. The lowest BCUT2D eigenvalue weighted by atomic mass is 9.79. The van der Waals surface area contributed by atoms with E-state index in [4.69, 9.17) is 24.5 Å². The fourth-order valence-corrected chi connectivity index (χ4v) is 9.62. The zero-order valence-corrected chi connectivity index (χ0v) is 34.5. The number of rotatable bonds is 6. The number of carbonyl (C=O) groups is 2. The largest absolute Gasteiger partial charge is 0.465 e. The molecule has 10 heteroatoms. The van der Waals surface area contributed by atoms with Crippen molar-refractivity contribution in [3.8, 4) is 44.5 Å². The van der Waals surface area contributed by atoms with E-state index in [9.17, 15) is 9.59 Å². The van der Waals surface area contributed by atoms with E-state index in [0.29, 0.717) is 18.7 Å². The van der Waals surface area contributed by atoms with Gasteiger partial charge in [0, 0.05) is 56.2 Å². The summed E-state index contributed by atoms with van der Waals surface area (Å²) in [5, 5.41) is 4.75. The Hall–Kier alpha value is -8.11. The Morgan fingerprint density at radius 2 is 0.937 bits per heavy atom. The molecule has 4 aromatic heterocycles. The molecule has 8 bridgehead atoms.